The molecular weight excluding hydrogens is 346 g/mol. The molecule has 3 N–H and O–H groups in total. The van der Waals surface area contributed by atoms with Gasteiger partial charge in [0.25, 0.3) is 17.7 Å². The molecule has 0 aliphatic rings. The van der Waals surface area contributed by atoms with Crippen LogP contribution in [0.5, 0.6) is 0 Å². The fourth-order valence-corrected chi connectivity index (χ4v) is 2.34. The van der Waals surface area contributed by atoms with Gasteiger partial charge in [-0.05, 0) is 43.3 Å². The third-order valence-corrected chi connectivity index (χ3v) is 3.77. The Bertz CT molecular complexity index is 963. The van der Waals surface area contributed by atoms with Gasteiger partial charge in [0.2, 0.25) is 0 Å². The Morgan fingerprint density at radius 1 is 0.778 bits per heavy atom. The predicted octanol–water partition coefficient (Wildman–Crippen LogP) is 2.92. The Hall–Kier alpha value is -3.87. The van der Waals surface area contributed by atoms with Crippen molar-refractivity contribution < 1.29 is 18.8 Å². The number of para-hydroxylation sites is 1. The van der Waals surface area contributed by atoms with Crippen LogP contribution >= 0.6 is 0 Å². The molecule has 0 aliphatic carbocycles. The standard InChI is InChI=1S/C20H17N3O4/c1-13-8-10-14(11-9-13)18(24)22-23-19(25)15-5-2-3-6-16(15)21-20(26)17-7-4-12-27-17/h2-12H,1H3,(H,21,26)(H,22,24)(H,23,25). The zero-order valence-corrected chi connectivity index (χ0v) is 14.5. The smallest absolute Gasteiger partial charge is 0.291 e. The number of nitrogens with one attached hydrogen (secondary N) is 3. The third kappa shape index (κ3) is 4.40. The molecule has 0 bridgehead atoms. The van der Waals surface area contributed by atoms with Crippen molar-refractivity contribution in [3.8, 4) is 0 Å². The van der Waals surface area contributed by atoms with Crippen LogP contribution in [0.15, 0.2) is 71.3 Å². The molecule has 0 fully saturated rings. The van der Waals surface area contributed by atoms with Crippen LogP contribution in [-0.4, -0.2) is 17.7 Å². The number of carbonyl (C=O) groups is 3. The predicted molar refractivity (Wildman–Crippen MR) is 99.2 cm³/mol. The summed E-state index contributed by atoms with van der Waals surface area (Å²) >= 11 is 0. The SMILES string of the molecule is Cc1ccc(C(=O)NNC(=O)c2ccccc2NC(=O)c2ccco2)cc1. The monoisotopic (exact) mass is 363 g/mol. The van der Waals surface area contributed by atoms with E-state index >= 15 is 0 Å². The summed E-state index contributed by atoms with van der Waals surface area (Å²) in [6.07, 6.45) is 1.38. The van der Waals surface area contributed by atoms with Gasteiger partial charge in [0, 0.05) is 5.56 Å². The Morgan fingerprint density at radius 2 is 1.48 bits per heavy atom. The summed E-state index contributed by atoms with van der Waals surface area (Å²) in [5, 5.41) is 2.61. The number of hydrogen-bond donors (Lipinski definition) is 3. The largest absolute Gasteiger partial charge is 0.459 e. The molecule has 0 spiro atoms. The number of aryl methyl sites for hydroxylation is 1. The molecule has 3 amide bonds. The van der Waals surface area contributed by atoms with Crippen molar-refractivity contribution in [2.45, 2.75) is 6.92 Å². The lowest BCUT2D eigenvalue weighted by molar-refractivity contribution is 0.0847. The van der Waals surface area contributed by atoms with E-state index in [1.807, 2.05) is 6.92 Å². The minimum absolute atomic E-state index is 0.123. The van der Waals surface area contributed by atoms with Crippen LogP contribution in [0.2, 0.25) is 0 Å². The highest BCUT2D eigenvalue weighted by atomic mass is 16.3. The molecule has 7 heteroatoms. The second-order valence-electron chi connectivity index (χ2n) is 5.75. The minimum atomic E-state index is -0.564. The maximum atomic E-state index is 12.4. The van der Waals surface area contributed by atoms with Gasteiger partial charge in [0.05, 0.1) is 17.5 Å². The first-order valence-electron chi connectivity index (χ1n) is 8.16. The van der Waals surface area contributed by atoms with Gasteiger partial charge in [-0.25, -0.2) is 0 Å². The number of hydrogen-bond acceptors (Lipinski definition) is 4. The molecule has 0 radical (unpaired) electrons. The van der Waals surface area contributed by atoms with Crippen LogP contribution in [0.4, 0.5) is 5.69 Å². The average molecular weight is 363 g/mol. The molecule has 0 unspecified atom stereocenters. The highest BCUT2D eigenvalue weighted by molar-refractivity contribution is 6.08. The molecule has 136 valence electrons. The molecular formula is C20H17N3O4. The zero-order valence-electron chi connectivity index (χ0n) is 14.5. The summed E-state index contributed by atoms with van der Waals surface area (Å²) in [6, 6.07) is 16.5. The van der Waals surface area contributed by atoms with E-state index in [0.29, 0.717) is 11.3 Å². The van der Waals surface area contributed by atoms with Crippen molar-refractivity contribution in [2.75, 3.05) is 5.32 Å². The van der Waals surface area contributed by atoms with Crippen LogP contribution < -0.4 is 16.2 Å². The summed E-state index contributed by atoms with van der Waals surface area (Å²) in [4.78, 5) is 36.6. The number of amides is 3. The zero-order chi connectivity index (χ0) is 19.2. The molecule has 2 aromatic carbocycles. The van der Waals surface area contributed by atoms with Crippen LogP contribution in [0.1, 0.15) is 36.8 Å². The minimum Gasteiger partial charge on any atom is -0.459 e. The van der Waals surface area contributed by atoms with Gasteiger partial charge >= 0.3 is 0 Å². The molecule has 0 saturated heterocycles. The van der Waals surface area contributed by atoms with Crippen molar-refractivity contribution >= 4 is 23.4 Å². The molecule has 27 heavy (non-hydrogen) atoms. The van der Waals surface area contributed by atoms with Crippen molar-refractivity contribution in [1.29, 1.82) is 0 Å². The normalized spacial score (nSPS) is 10.1. The van der Waals surface area contributed by atoms with Crippen LogP contribution in [0.3, 0.4) is 0 Å². The van der Waals surface area contributed by atoms with Gasteiger partial charge in [-0.1, -0.05) is 29.8 Å². The molecule has 0 atom stereocenters. The lowest BCUT2D eigenvalue weighted by Crippen LogP contribution is -2.41. The summed E-state index contributed by atoms with van der Waals surface area (Å²) in [6.45, 7) is 1.91. The molecule has 1 heterocycles. The maximum Gasteiger partial charge on any atom is 0.291 e. The van der Waals surface area contributed by atoms with E-state index in [9.17, 15) is 14.4 Å². The molecule has 0 saturated carbocycles. The van der Waals surface area contributed by atoms with E-state index in [0.717, 1.165) is 5.56 Å². The highest BCUT2D eigenvalue weighted by Gasteiger charge is 2.16. The molecule has 7 nitrogen and oxygen atoms in total. The summed E-state index contributed by atoms with van der Waals surface area (Å²) < 4.78 is 5.03. The fourth-order valence-electron chi connectivity index (χ4n) is 2.34. The third-order valence-electron chi connectivity index (χ3n) is 3.77. The van der Waals surface area contributed by atoms with Gasteiger partial charge in [0.1, 0.15) is 0 Å². The van der Waals surface area contributed by atoms with Crippen molar-refractivity contribution in [2.24, 2.45) is 0 Å². The van der Waals surface area contributed by atoms with Crippen LogP contribution in [-0.2, 0) is 0 Å². The summed E-state index contributed by atoms with van der Waals surface area (Å²) in [5.74, 6) is -1.37. The maximum absolute atomic E-state index is 12.4. The topological polar surface area (TPSA) is 100 Å². The first kappa shape index (κ1) is 17.9. The lowest BCUT2D eigenvalue weighted by atomic mass is 10.1. The van der Waals surface area contributed by atoms with Gasteiger partial charge in [-0.3, -0.25) is 25.2 Å². The Morgan fingerprint density at radius 3 is 2.19 bits per heavy atom. The number of anilines is 1. The van der Waals surface area contributed by atoms with E-state index in [1.54, 1.807) is 48.5 Å². The van der Waals surface area contributed by atoms with Gasteiger partial charge in [-0.2, -0.15) is 0 Å². The van der Waals surface area contributed by atoms with E-state index in [4.69, 9.17) is 4.42 Å². The lowest BCUT2D eigenvalue weighted by Gasteiger charge is -2.11. The van der Waals surface area contributed by atoms with Gasteiger partial charge in [-0.15, -0.1) is 0 Å². The van der Waals surface area contributed by atoms with Crippen molar-refractivity contribution in [3.63, 3.8) is 0 Å². The molecule has 1 aromatic heterocycles. The van der Waals surface area contributed by atoms with Gasteiger partial charge in [0.15, 0.2) is 5.76 Å². The molecule has 3 aromatic rings. The van der Waals surface area contributed by atoms with E-state index in [2.05, 4.69) is 16.2 Å². The highest BCUT2D eigenvalue weighted by Crippen LogP contribution is 2.16. The Labute approximate surface area is 155 Å². The summed E-state index contributed by atoms with van der Waals surface area (Å²) in [7, 11) is 0. The number of rotatable bonds is 4. The first-order valence-corrected chi connectivity index (χ1v) is 8.16. The van der Waals surface area contributed by atoms with Crippen LogP contribution in [0.25, 0.3) is 0 Å². The number of furan rings is 1. The van der Waals surface area contributed by atoms with Crippen LogP contribution in [0, 0.1) is 6.92 Å². The van der Waals surface area contributed by atoms with E-state index in [1.165, 1.54) is 18.4 Å². The van der Waals surface area contributed by atoms with E-state index in [-0.39, 0.29) is 11.3 Å². The fraction of sp³-hybridized carbons (Fsp3) is 0.0500. The quantitative estimate of drug-likeness (QED) is 0.621. The molecule has 0 aliphatic heterocycles. The van der Waals surface area contributed by atoms with E-state index < -0.39 is 17.7 Å². The first-order chi connectivity index (χ1) is 13.0. The second-order valence-corrected chi connectivity index (χ2v) is 5.75. The number of hydrazine groups is 1. The molecule has 3 rings (SSSR count). The number of benzene rings is 2. The Balaban J connectivity index is 1.67. The van der Waals surface area contributed by atoms with Crippen molar-refractivity contribution in [1.82, 2.24) is 10.9 Å². The second kappa shape index (κ2) is 8.01. The van der Waals surface area contributed by atoms with Crippen molar-refractivity contribution in [3.05, 3.63) is 89.4 Å². The Kier molecular flexibility index (Phi) is 5.32. The summed E-state index contributed by atoms with van der Waals surface area (Å²) in [5.41, 5.74) is 6.63. The van der Waals surface area contributed by atoms with Gasteiger partial charge < -0.3 is 9.73 Å². The number of carbonyl (C=O) groups excluding carboxylic acids is 3. The average Bonchev–Trinajstić information content (AvgIpc) is 3.22.